The molecule has 69 heavy (non-hydrogen) atoms. The van der Waals surface area contributed by atoms with Gasteiger partial charge in [-0.15, -0.1) is 0 Å². The summed E-state index contributed by atoms with van der Waals surface area (Å²) < 4.78 is 24.4. The lowest BCUT2D eigenvalue weighted by Gasteiger charge is -2.59. The molecule has 2 aliphatic heterocycles. The molecule has 8 rings (SSSR count). The van der Waals surface area contributed by atoms with E-state index in [1.165, 1.54) is 0 Å². The standard InChI is InChI=1S/C49H59N5O15/c1-46-16-15-32(56)17-30(46)9-12-33-34-18-38-49(37(58)22-55,47(34,2)20-36(57)42(33)46)69-44(68-38)29-7-3-27(4-8-29)19-48(25-65-26-48)54-45(64)66-23-28-5-10-31(11-6-28)52-43(63)35(13-14-41(61)62)53-39(59)21-51-40(60)24-67-50/h3-8,10-11,15-17,33-36,38,42,44,55,57H,9,12-14,18-26,50H2,1-2H3,(H,51,60)(H,52,63)(H,53,59)(H,54,64)(H,61,62)/t33-,34-,35-,36-,38+,42+,44+,46-,47-,49+/m0/s1. The molecule has 3 saturated carbocycles. The number of carboxylic acid groups (broad SMARTS) is 1. The number of aliphatic carboxylic acids is 1. The predicted octanol–water partition coefficient (Wildman–Crippen LogP) is 1.82. The summed E-state index contributed by atoms with van der Waals surface area (Å²) in [6.07, 6.45) is 4.27. The highest BCUT2D eigenvalue weighted by Gasteiger charge is 2.76. The molecule has 370 valence electrons. The van der Waals surface area contributed by atoms with Crippen molar-refractivity contribution in [3.63, 3.8) is 0 Å². The lowest BCUT2D eigenvalue weighted by Crippen LogP contribution is -2.63. The zero-order chi connectivity index (χ0) is 49.3. The minimum atomic E-state index is -1.48. The summed E-state index contributed by atoms with van der Waals surface area (Å²) in [6.45, 7) is 2.76. The molecule has 0 aromatic heterocycles. The Morgan fingerprint density at radius 3 is 2.38 bits per heavy atom. The first-order chi connectivity index (χ1) is 32.9. The average Bonchev–Trinajstić information content (AvgIpc) is 3.81. The van der Waals surface area contributed by atoms with Gasteiger partial charge in [-0.3, -0.25) is 33.6 Å². The number of anilines is 1. The highest BCUT2D eigenvalue weighted by molar-refractivity contribution is 6.01. The van der Waals surface area contributed by atoms with Crippen LogP contribution in [0.2, 0.25) is 0 Å². The fourth-order valence-electron chi connectivity index (χ4n) is 12.0. The molecule has 4 amide bonds. The van der Waals surface area contributed by atoms with E-state index < -0.39 is 108 Å². The summed E-state index contributed by atoms with van der Waals surface area (Å²) >= 11 is 0. The summed E-state index contributed by atoms with van der Waals surface area (Å²) in [5, 5.41) is 41.7. The monoisotopic (exact) mass is 957 g/mol. The summed E-state index contributed by atoms with van der Waals surface area (Å²) in [6, 6.07) is 12.6. The van der Waals surface area contributed by atoms with Crippen LogP contribution in [-0.4, -0.2) is 119 Å². The second-order valence-corrected chi connectivity index (χ2v) is 19.6. The summed E-state index contributed by atoms with van der Waals surface area (Å²) in [5.41, 5.74) is -0.0489. The molecule has 4 aliphatic carbocycles. The fraction of sp³-hybridized carbons (Fsp3) is 0.531. The van der Waals surface area contributed by atoms with Gasteiger partial charge in [-0.25, -0.2) is 10.7 Å². The zero-order valence-corrected chi connectivity index (χ0v) is 38.4. The molecule has 9 N–H and O–H groups in total. The predicted molar refractivity (Wildman–Crippen MR) is 241 cm³/mol. The van der Waals surface area contributed by atoms with Gasteiger partial charge in [0.15, 0.2) is 23.5 Å². The van der Waals surface area contributed by atoms with Gasteiger partial charge in [-0.1, -0.05) is 61.9 Å². The van der Waals surface area contributed by atoms with E-state index >= 15 is 0 Å². The van der Waals surface area contributed by atoms with Crippen LogP contribution in [-0.2, 0) is 65.6 Å². The third-order valence-electron chi connectivity index (χ3n) is 15.3. The van der Waals surface area contributed by atoms with Crippen molar-refractivity contribution in [3.8, 4) is 0 Å². The van der Waals surface area contributed by atoms with Crippen LogP contribution in [0.5, 0.6) is 0 Å². The van der Waals surface area contributed by atoms with Crippen molar-refractivity contribution in [2.45, 2.75) is 101 Å². The number of allylic oxidation sites excluding steroid dienone is 4. The van der Waals surface area contributed by atoms with E-state index in [0.29, 0.717) is 36.1 Å². The number of hydrogen-bond donors (Lipinski definition) is 8. The van der Waals surface area contributed by atoms with E-state index in [-0.39, 0.29) is 56.2 Å². The molecule has 2 saturated heterocycles. The lowest BCUT2D eigenvalue weighted by molar-refractivity contribution is -0.201. The molecule has 0 radical (unpaired) electrons. The van der Waals surface area contributed by atoms with Crippen molar-refractivity contribution in [2.24, 2.45) is 34.5 Å². The third kappa shape index (κ3) is 9.71. The normalized spacial score (nSPS) is 30.7. The van der Waals surface area contributed by atoms with Crippen molar-refractivity contribution in [3.05, 3.63) is 89.0 Å². The van der Waals surface area contributed by atoms with Gasteiger partial charge < -0.3 is 55.5 Å². The number of hydrogen-bond acceptors (Lipinski definition) is 15. The van der Waals surface area contributed by atoms with Crippen LogP contribution >= 0.6 is 0 Å². The van der Waals surface area contributed by atoms with Gasteiger partial charge in [0, 0.05) is 40.8 Å². The Balaban J connectivity index is 0.848. The SMILES string of the molecule is C[C@]12C=CC(=O)C=C1CC[C@@H]1[C@@H]2[C@@H](O)C[C@@]2(C)[C@H]1C[C@H]1O[C@@H](c3ccc(CC4(NC(=O)OCc5ccc(NC(=O)[C@H](CCC(=O)O)NC(=O)CNC(=O)CON)cc5)COC4)cc3)O[C@]12C(=O)CO. The minimum absolute atomic E-state index is 0.0333. The largest absolute Gasteiger partial charge is 0.481 e. The summed E-state index contributed by atoms with van der Waals surface area (Å²) in [4.78, 5) is 91.7. The Morgan fingerprint density at radius 1 is 0.986 bits per heavy atom. The Kier molecular flexibility index (Phi) is 14.3. The molecule has 20 heteroatoms. The van der Waals surface area contributed by atoms with Crippen LogP contribution in [0.15, 0.2) is 72.3 Å². The molecule has 6 aliphatic rings. The van der Waals surface area contributed by atoms with Gasteiger partial charge in [0.1, 0.15) is 25.9 Å². The maximum atomic E-state index is 14.0. The Bertz CT molecular complexity index is 2410. The van der Waals surface area contributed by atoms with Crippen LogP contribution in [0.4, 0.5) is 10.5 Å². The molecule has 10 atom stereocenters. The molecule has 2 aromatic carbocycles. The van der Waals surface area contributed by atoms with Crippen LogP contribution in [0, 0.1) is 28.6 Å². The van der Waals surface area contributed by atoms with Crippen molar-refractivity contribution in [1.82, 2.24) is 16.0 Å². The first-order valence-electron chi connectivity index (χ1n) is 23.1. The number of carbonyl (C=O) groups is 7. The highest BCUT2D eigenvalue weighted by Crippen LogP contribution is 2.70. The maximum absolute atomic E-state index is 14.0. The minimum Gasteiger partial charge on any atom is -0.481 e. The molecule has 5 fully saturated rings. The van der Waals surface area contributed by atoms with E-state index in [1.807, 2.05) is 37.3 Å². The number of aliphatic hydroxyl groups excluding tert-OH is 2. The molecular formula is C49H59N5O15. The van der Waals surface area contributed by atoms with E-state index in [2.05, 4.69) is 33.0 Å². The zero-order valence-electron chi connectivity index (χ0n) is 38.4. The van der Waals surface area contributed by atoms with Gasteiger partial charge in [0.05, 0.1) is 37.5 Å². The number of ether oxygens (including phenoxy) is 4. The quantitative estimate of drug-likeness (QED) is 0.0989. The number of nitrogens with two attached hydrogens (primary N) is 1. The molecule has 0 bridgehead atoms. The molecular weight excluding hydrogens is 899 g/mol. The van der Waals surface area contributed by atoms with E-state index in [1.54, 1.807) is 36.4 Å². The first kappa shape index (κ1) is 49.5. The Labute approximate surface area is 397 Å². The van der Waals surface area contributed by atoms with Crippen LogP contribution < -0.4 is 27.2 Å². The number of carbonyl (C=O) groups excluding carboxylic acids is 6. The molecule has 0 unspecified atom stereocenters. The number of amides is 4. The van der Waals surface area contributed by atoms with Crippen molar-refractivity contribution < 1.29 is 72.7 Å². The van der Waals surface area contributed by atoms with Crippen molar-refractivity contribution >= 4 is 47.0 Å². The Morgan fingerprint density at radius 2 is 1.71 bits per heavy atom. The van der Waals surface area contributed by atoms with Gasteiger partial charge in [-0.2, -0.15) is 0 Å². The third-order valence-corrected chi connectivity index (χ3v) is 15.3. The number of fused-ring (bicyclic) bond motifs is 7. The smallest absolute Gasteiger partial charge is 0.408 e. The van der Waals surface area contributed by atoms with Crippen molar-refractivity contribution in [2.75, 3.05) is 38.3 Å². The number of rotatable bonds is 18. The van der Waals surface area contributed by atoms with E-state index in [0.717, 1.165) is 17.6 Å². The van der Waals surface area contributed by atoms with E-state index in [9.17, 15) is 43.8 Å². The fourth-order valence-corrected chi connectivity index (χ4v) is 12.0. The highest BCUT2D eigenvalue weighted by atomic mass is 16.7. The summed E-state index contributed by atoms with van der Waals surface area (Å²) in [5.74, 6) is 0.929. The van der Waals surface area contributed by atoms with Gasteiger partial charge in [0.2, 0.25) is 17.7 Å². The molecule has 20 nitrogen and oxygen atoms in total. The number of alkyl carbamates (subject to hydrolysis) is 1. The molecule has 2 aromatic rings. The van der Waals surface area contributed by atoms with Crippen molar-refractivity contribution in [1.29, 1.82) is 0 Å². The molecule has 0 spiro atoms. The topological polar surface area (TPSA) is 300 Å². The Hall–Kier alpha value is -5.87. The average molecular weight is 958 g/mol. The molecule has 2 heterocycles. The second kappa shape index (κ2) is 19.9. The van der Waals surface area contributed by atoms with E-state index in [4.69, 9.17) is 30.0 Å². The number of carboxylic acids is 1. The number of nitrogens with one attached hydrogen (secondary N) is 4. The van der Waals surface area contributed by atoms with Gasteiger partial charge in [0.25, 0.3) is 0 Å². The van der Waals surface area contributed by atoms with Crippen LogP contribution in [0.1, 0.15) is 75.4 Å². The van der Waals surface area contributed by atoms with Crippen LogP contribution in [0.3, 0.4) is 0 Å². The van der Waals surface area contributed by atoms with Gasteiger partial charge in [-0.05, 0) is 79.4 Å². The second-order valence-electron chi connectivity index (χ2n) is 19.6. The van der Waals surface area contributed by atoms with Gasteiger partial charge >= 0.3 is 12.1 Å². The maximum Gasteiger partial charge on any atom is 0.408 e. The van der Waals surface area contributed by atoms with Crippen LogP contribution in [0.25, 0.3) is 0 Å². The summed E-state index contributed by atoms with van der Waals surface area (Å²) in [7, 11) is 0. The number of Topliss-reactive ketones (excluding diaryl/α,β-unsaturated/α-hetero) is 1. The number of ketones is 2. The number of benzene rings is 2. The number of aliphatic hydroxyl groups is 2. The first-order valence-corrected chi connectivity index (χ1v) is 23.1. The lowest BCUT2D eigenvalue weighted by atomic mass is 9.46.